The van der Waals surface area contributed by atoms with Crippen molar-refractivity contribution in [1.29, 1.82) is 0 Å². The second-order valence-corrected chi connectivity index (χ2v) is 7.83. The second kappa shape index (κ2) is 9.47. The molecule has 0 aliphatic carbocycles. The first-order valence-electron chi connectivity index (χ1n) is 10.7. The van der Waals surface area contributed by atoms with Gasteiger partial charge in [-0.1, -0.05) is 48.5 Å². The Labute approximate surface area is 183 Å². The van der Waals surface area contributed by atoms with Crippen LogP contribution in [0.1, 0.15) is 22.5 Å². The number of carbonyl (C=O) groups excluding carboxylic acids is 1. The number of nitrogens with one attached hydrogen (secondary N) is 2. The zero-order chi connectivity index (χ0) is 21.6. The SMILES string of the molecule is Cc1ccc(NC(=O)NCCn2c(CCc3ccccc3)nc3ccccc32)cc1C. The third kappa shape index (κ3) is 5.12. The molecule has 0 fully saturated rings. The molecule has 0 aliphatic heterocycles. The van der Waals surface area contributed by atoms with Crippen molar-refractivity contribution in [2.45, 2.75) is 33.2 Å². The number of carbonyl (C=O) groups is 1. The van der Waals surface area contributed by atoms with Crippen LogP contribution >= 0.6 is 0 Å². The van der Waals surface area contributed by atoms with E-state index in [2.05, 4.69) is 52.5 Å². The minimum absolute atomic E-state index is 0.196. The number of hydrogen-bond acceptors (Lipinski definition) is 2. The lowest BCUT2D eigenvalue weighted by Crippen LogP contribution is -2.31. The van der Waals surface area contributed by atoms with Crippen molar-refractivity contribution in [2.24, 2.45) is 0 Å². The number of fused-ring (bicyclic) bond motifs is 1. The molecule has 158 valence electrons. The first-order chi connectivity index (χ1) is 15.1. The van der Waals surface area contributed by atoms with Crippen LogP contribution in [0, 0.1) is 13.8 Å². The molecule has 0 spiro atoms. The van der Waals surface area contributed by atoms with Crippen molar-refractivity contribution in [3.63, 3.8) is 0 Å². The number of nitrogens with zero attached hydrogens (tertiary/aromatic N) is 2. The molecule has 2 amide bonds. The number of imidazole rings is 1. The molecule has 0 radical (unpaired) electrons. The van der Waals surface area contributed by atoms with E-state index in [1.54, 1.807) is 0 Å². The van der Waals surface area contributed by atoms with Gasteiger partial charge in [-0.25, -0.2) is 9.78 Å². The van der Waals surface area contributed by atoms with Gasteiger partial charge in [0.2, 0.25) is 0 Å². The number of benzene rings is 3. The van der Waals surface area contributed by atoms with E-state index in [0.717, 1.165) is 41.0 Å². The van der Waals surface area contributed by atoms with Gasteiger partial charge in [-0.05, 0) is 61.2 Å². The molecule has 1 aromatic heterocycles. The molecule has 31 heavy (non-hydrogen) atoms. The summed E-state index contributed by atoms with van der Waals surface area (Å²) in [5, 5.41) is 5.88. The number of para-hydroxylation sites is 2. The molecular formula is C26H28N4O. The molecule has 0 atom stereocenters. The van der Waals surface area contributed by atoms with Crippen LogP contribution in [0.2, 0.25) is 0 Å². The highest BCUT2D eigenvalue weighted by Gasteiger charge is 2.11. The van der Waals surface area contributed by atoms with Crippen molar-refractivity contribution in [3.8, 4) is 0 Å². The van der Waals surface area contributed by atoms with E-state index < -0.39 is 0 Å². The lowest BCUT2D eigenvalue weighted by Gasteiger charge is -2.12. The van der Waals surface area contributed by atoms with Gasteiger partial charge in [0.15, 0.2) is 0 Å². The number of aryl methyl sites for hydroxylation is 4. The molecule has 0 aliphatic rings. The van der Waals surface area contributed by atoms with E-state index in [1.807, 2.05) is 49.4 Å². The van der Waals surface area contributed by atoms with E-state index in [-0.39, 0.29) is 6.03 Å². The molecule has 5 nitrogen and oxygen atoms in total. The van der Waals surface area contributed by atoms with Gasteiger partial charge in [-0.15, -0.1) is 0 Å². The molecule has 3 aromatic carbocycles. The molecule has 2 N–H and O–H groups in total. The fourth-order valence-corrected chi connectivity index (χ4v) is 3.74. The van der Waals surface area contributed by atoms with Gasteiger partial charge >= 0.3 is 6.03 Å². The molecule has 0 saturated heterocycles. The van der Waals surface area contributed by atoms with Crippen molar-refractivity contribution < 1.29 is 4.79 Å². The zero-order valence-electron chi connectivity index (χ0n) is 18.1. The average molecular weight is 413 g/mol. The number of rotatable bonds is 7. The predicted molar refractivity (Wildman–Crippen MR) is 127 cm³/mol. The Hall–Kier alpha value is -3.60. The van der Waals surface area contributed by atoms with Gasteiger partial charge in [-0.3, -0.25) is 0 Å². The van der Waals surface area contributed by atoms with Gasteiger partial charge in [0.05, 0.1) is 11.0 Å². The maximum absolute atomic E-state index is 12.3. The smallest absolute Gasteiger partial charge is 0.319 e. The van der Waals surface area contributed by atoms with E-state index in [0.29, 0.717) is 13.1 Å². The lowest BCUT2D eigenvalue weighted by molar-refractivity contribution is 0.251. The van der Waals surface area contributed by atoms with Gasteiger partial charge in [-0.2, -0.15) is 0 Å². The Morgan fingerprint density at radius 1 is 0.903 bits per heavy atom. The van der Waals surface area contributed by atoms with Gasteiger partial charge < -0.3 is 15.2 Å². The summed E-state index contributed by atoms with van der Waals surface area (Å²) in [6, 6.07) is 24.4. The van der Waals surface area contributed by atoms with Gasteiger partial charge in [0.1, 0.15) is 5.82 Å². The average Bonchev–Trinajstić information content (AvgIpc) is 3.13. The zero-order valence-corrected chi connectivity index (χ0v) is 18.1. The fraction of sp³-hybridized carbons (Fsp3) is 0.231. The predicted octanol–water partition coefficient (Wildman–Crippen LogP) is 5.26. The summed E-state index contributed by atoms with van der Waals surface area (Å²) in [6.07, 6.45) is 1.79. The monoisotopic (exact) mass is 412 g/mol. The highest BCUT2D eigenvalue weighted by molar-refractivity contribution is 5.89. The molecule has 1 heterocycles. The summed E-state index contributed by atoms with van der Waals surface area (Å²) < 4.78 is 2.22. The first kappa shape index (κ1) is 20.7. The quantitative estimate of drug-likeness (QED) is 0.435. The molecular weight excluding hydrogens is 384 g/mol. The molecule has 4 rings (SSSR count). The van der Waals surface area contributed by atoms with Crippen molar-refractivity contribution in [2.75, 3.05) is 11.9 Å². The van der Waals surface area contributed by atoms with Gasteiger partial charge in [0, 0.05) is 25.2 Å². The number of aromatic nitrogens is 2. The molecule has 5 heteroatoms. The number of urea groups is 1. The highest BCUT2D eigenvalue weighted by atomic mass is 16.2. The van der Waals surface area contributed by atoms with Gasteiger partial charge in [0.25, 0.3) is 0 Å². The van der Waals surface area contributed by atoms with Crippen LogP contribution in [0.4, 0.5) is 10.5 Å². The van der Waals surface area contributed by atoms with E-state index in [4.69, 9.17) is 4.98 Å². The van der Waals surface area contributed by atoms with Crippen molar-refractivity contribution in [1.82, 2.24) is 14.9 Å². The van der Waals surface area contributed by atoms with Crippen LogP contribution in [0.25, 0.3) is 11.0 Å². The highest BCUT2D eigenvalue weighted by Crippen LogP contribution is 2.18. The van der Waals surface area contributed by atoms with Crippen LogP contribution in [-0.4, -0.2) is 22.1 Å². The summed E-state index contributed by atoms with van der Waals surface area (Å²) in [4.78, 5) is 17.2. The number of amides is 2. The molecule has 0 bridgehead atoms. The normalized spacial score (nSPS) is 10.9. The Morgan fingerprint density at radius 3 is 2.48 bits per heavy atom. The topological polar surface area (TPSA) is 59.0 Å². The summed E-state index contributed by atoms with van der Waals surface area (Å²) in [6.45, 7) is 5.30. The molecule has 4 aromatic rings. The first-order valence-corrected chi connectivity index (χ1v) is 10.7. The summed E-state index contributed by atoms with van der Waals surface area (Å²) in [5.41, 5.74) is 6.56. The molecule has 0 unspecified atom stereocenters. The Morgan fingerprint density at radius 2 is 1.68 bits per heavy atom. The summed E-state index contributed by atoms with van der Waals surface area (Å²) in [7, 11) is 0. The maximum Gasteiger partial charge on any atom is 0.319 e. The summed E-state index contributed by atoms with van der Waals surface area (Å²) >= 11 is 0. The Balaban J connectivity index is 1.41. The van der Waals surface area contributed by atoms with Crippen LogP contribution in [0.5, 0.6) is 0 Å². The van der Waals surface area contributed by atoms with E-state index >= 15 is 0 Å². The van der Waals surface area contributed by atoms with Crippen LogP contribution in [-0.2, 0) is 19.4 Å². The van der Waals surface area contributed by atoms with Crippen molar-refractivity contribution >= 4 is 22.8 Å². The Kier molecular flexibility index (Phi) is 6.32. The summed E-state index contributed by atoms with van der Waals surface area (Å²) in [5.74, 6) is 1.04. The fourth-order valence-electron chi connectivity index (χ4n) is 3.74. The van der Waals surface area contributed by atoms with Crippen LogP contribution in [0.3, 0.4) is 0 Å². The number of hydrogen-bond donors (Lipinski definition) is 2. The van der Waals surface area contributed by atoms with Crippen LogP contribution in [0.15, 0.2) is 72.8 Å². The second-order valence-electron chi connectivity index (χ2n) is 7.83. The van der Waals surface area contributed by atoms with E-state index in [1.165, 1.54) is 11.1 Å². The van der Waals surface area contributed by atoms with Crippen LogP contribution < -0.4 is 10.6 Å². The van der Waals surface area contributed by atoms with Crippen molar-refractivity contribution in [3.05, 3.63) is 95.3 Å². The third-order valence-corrected chi connectivity index (χ3v) is 5.60. The molecule has 0 saturated carbocycles. The van der Waals surface area contributed by atoms with E-state index in [9.17, 15) is 4.79 Å². The standard InChI is InChI=1S/C26H28N4O/c1-19-12-14-22(18-20(19)2)28-26(31)27-16-17-30-24-11-7-6-10-23(24)29-25(30)15-13-21-8-4-3-5-9-21/h3-12,14,18H,13,15-17H2,1-2H3,(H2,27,28,31). The minimum atomic E-state index is -0.196. The number of anilines is 1. The Bertz CT molecular complexity index is 1180. The lowest BCUT2D eigenvalue weighted by atomic mass is 10.1. The maximum atomic E-state index is 12.3. The largest absolute Gasteiger partial charge is 0.336 e. The minimum Gasteiger partial charge on any atom is -0.336 e. The third-order valence-electron chi connectivity index (χ3n) is 5.60.